The van der Waals surface area contributed by atoms with Crippen LogP contribution in [0.2, 0.25) is 0 Å². The molecule has 4 heteroatoms. The predicted octanol–water partition coefficient (Wildman–Crippen LogP) is 3.53. The fourth-order valence-electron chi connectivity index (χ4n) is 4.02. The third-order valence-electron chi connectivity index (χ3n) is 5.41. The van der Waals surface area contributed by atoms with Crippen molar-refractivity contribution < 1.29 is 4.79 Å². The molecule has 0 N–H and O–H groups in total. The van der Waals surface area contributed by atoms with E-state index in [1.165, 1.54) is 12.8 Å². The van der Waals surface area contributed by atoms with Gasteiger partial charge in [-0.05, 0) is 49.9 Å². The van der Waals surface area contributed by atoms with Gasteiger partial charge in [-0.25, -0.2) is 9.97 Å². The number of carbonyl (C=O) groups excluding carboxylic acids is 1. The summed E-state index contributed by atoms with van der Waals surface area (Å²) in [6, 6.07) is 8.22. The van der Waals surface area contributed by atoms with Gasteiger partial charge in [-0.1, -0.05) is 12.8 Å². The normalized spacial score (nSPS) is 20.3. The minimum Gasteiger partial charge on any atom is -0.342 e. The van der Waals surface area contributed by atoms with E-state index in [0.717, 1.165) is 55.5 Å². The van der Waals surface area contributed by atoms with Gasteiger partial charge in [-0.15, -0.1) is 0 Å². The number of carbonyl (C=O) groups is 1. The summed E-state index contributed by atoms with van der Waals surface area (Å²) in [5.74, 6) is 1.15. The first-order valence-corrected chi connectivity index (χ1v) is 8.82. The van der Waals surface area contributed by atoms with Gasteiger partial charge in [0.1, 0.15) is 0 Å². The first-order chi connectivity index (χ1) is 11.3. The van der Waals surface area contributed by atoms with Crippen LogP contribution in [0.25, 0.3) is 11.0 Å². The third kappa shape index (κ3) is 2.94. The maximum Gasteiger partial charge on any atom is 0.225 e. The van der Waals surface area contributed by atoms with Crippen LogP contribution in [0.5, 0.6) is 0 Å². The van der Waals surface area contributed by atoms with Crippen molar-refractivity contribution in [2.24, 2.45) is 5.92 Å². The maximum atomic E-state index is 12.5. The first kappa shape index (κ1) is 14.6. The lowest BCUT2D eigenvalue weighted by atomic mass is 9.92. The Kier molecular flexibility index (Phi) is 3.98. The van der Waals surface area contributed by atoms with E-state index in [-0.39, 0.29) is 0 Å². The number of fused-ring (bicyclic) bond motifs is 1. The van der Waals surface area contributed by atoms with Crippen LogP contribution >= 0.6 is 0 Å². The molecule has 23 heavy (non-hydrogen) atoms. The molecule has 0 bridgehead atoms. The standard InChI is InChI=1S/C19H23N3O/c23-19(16-4-1-2-5-16)22-12-9-14(10-13-22)17-8-7-15-6-3-11-20-18(15)21-17/h3,6-8,11,14,16H,1-2,4-5,9-10,12-13H2. The van der Waals surface area contributed by atoms with E-state index >= 15 is 0 Å². The number of hydrogen-bond acceptors (Lipinski definition) is 3. The van der Waals surface area contributed by atoms with Crippen molar-refractivity contribution >= 4 is 16.9 Å². The predicted molar refractivity (Wildman–Crippen MR) is 90.1 cm³/mol. The van der Waals surface area contributed by atoms with E-state index in [1.54, 1.807) is 6.20 Å². The Morgan fingerprint density at radius 3 is 2.61 bits per heavy atom. The lowest BCUT2D eigenvalue weighted by Gasteiger charge is -2.33. The molecule has 1 saturated carbocycles. The monoisotopic (exact) mass is 309 g/mol. The molecule has 0 spiro atoms. The summed E-state index contributed by atoms with van der Waals surface area (Å²) in [7, 11) is 0. The van der Waals surface area contributed by atoms with Gasteiger partial charge in [0.25, 0.3) is 0 Å². The lowest BCUT2D eigenvalue weighted by molar-refractivity contribution is -0.136. The molecule has 3 heterocycles. The highest BCUT2D eigenvalue weighted by atomic mass is 16.2. The highest BCUT2D eigenvalue weighted by Gasteiger charge is 2.30. The minimum absolute atomic E-state index is 0.301. The molecule has 1 aliphatic carbocycles. The highest BCUT2D eigenvalue weighted by molar-refractivity contribution is 5.79. The average molecular weight is 309 g/mol. The summed E-state index contributed by atoms with van der Waals surface area (Å²) in [5.41, 5.74) is 1.96. The van der Waals surface area contributed by atoms with Crippen LogP contribution in [-0.4, -0.2) is 33.9 Å². The number of amides is 1. The molecule has 0 atom stereocenters. The Balaban J connectivity index is 1.43. The molecule has 2 aromatic heterocycles. The molecule has 120 valence electrons. The van der Waals surface area contributed by atoms with Crippen molar-refractivity contribution in [3.8, 4) is 0 Å². The molecule has 0 aromatic carbocycles. The van der Waals surface area contributed by atoms with E-state index in [2.05, 4.69) is 22.0 Å². The summed E-state index contributed by atoms with van der Waals surface area (Å²) in [5, 5.41) is 1.09. The van der Waals surface area contributed by atoms with Gasteiger partial charge in [0.05, 0.1) is 0 Å². The fourth-order valence-corrected chi connectivity index (χ4v) is 4.02. The zero-order chi connectivity index (χ0) is 15.6. The van der Waals surface area contributed by atoms with Gasteiger partial charge >= 0.3 is 0 Å². The average Bonchev–Trinajstić information content (AvgIpc) is 3.15. The Labute approximate surface area is 136 Å². The number of pyridine rings is 2. The van der Waals surface area contributed by atoms with E-state index in [4.69, 9.17) is 4.98 Å². The summed E-state index contributed by atoms with van der Waals surface area (Å²) in [4.78, 5) is 23.7. The molecule has 0 radical (unpaired) electrons. The molecule has 2 fully saturated rings. The van der Waals surface area contributed by atoms with Crippen molar-refractivity contribution in [1.82, 2.24) is 14.9 Å². The molecule has 0 unspecified atom stereocenters. The zero-order valence-corrected chi connectivity index (χ0v) is 13.4. The third-order valence-corrected chi connectivity index (χ3v) is 5.41. The van der Waals surface area contributed by atoms with E-state index in [1.807, 2.05) is 12.1 Å². The van der Waals surface area contributed by atoms with Gasteiger partial charge in [0, 0.05) is 42.2 Å². The van der Waals surface area contributed by atoms with Crippen LogP contribution in [0.4, 0.5) is 0 Å². The topological polar surface area (TPSA) is 46.1 Å². The Morgan fingerprint density at radius 2 is 1.83 bits per heavy atom. The van der Waals surface area contributed by atoms with Crippen molar-refractivity contribution in [3.05, 3.63) is 36.2 Å². The van der Waals surface area contributed by atoms with Crippen LogP contribution in [0, 0.1) is 5.92 Å². The van der Waals surface area contributed by atoms with Crippen molar-refractivity contribution in [3.63, 3.8) is 0 Å². The molecule has 1 amide bonds. The Hall–Kier alpha value is -1.97. The molecule has 2 aliphatic rings. The second-order valence-corrected chi connectivity index (χ2v) is 6.87. The van der Waals surface area contributed by atoms with E-state index < -0.39 is 0 Å². The molecular formula is C19H23N3O. The molecule has 1 aliphatic heterocycles. The largest absolute Gasteiger partial charge is 0.342 e. The summed E-state index contributed by atoms with van der Waals surface area (Å²) >= 11 is 0. The molecule has 2 aromatic rings. The van der Waals surface area contributed by atoms with Gasteiger partial charge in [0.2, 0.25) is 5.91 Å². The maximum absolute atomic E-state index is 12.5. The minimum atomic E-state index is 0.301. The molecule has 4 rings (SSSR count). The van der Waals surface area contributed by atoms with Crippen molar-refractivity contribution in [1.29, 1.82) is 0 Å². The summed E-state index contributed by atoms with van der Waals surface area (Å²) in [6.07, 6.45) is 8.46. The summed E-state index contributed by atoms with van der Waals surface area (Å²) < 4.78 is 0. The number of aromatic nitrogens is 2. The summed E-state index contributed by atoms with van der Waals surface area (Å²) in [6.45, 7) is 1.75. The van der Waals surface area contributed by atoms with E-state index in [0.29, 0.717) is 17.7 Å². The number of likely N-dealkylation sites (tertiary alicyclic amines) is 1. The number of piperidine rings is 1. The Morgan fingerprint density at radius 1 is 1.04 bits per heavy atom. The molecule has 1 saturated heterocycles. The van der Waals surface area contributed by atoms with Crippen LogP contribution in [0.15, 0.2) is 30.5 Å². The molecule has 4 nitrogen and oxygen atoms in total. The van der Waals surface area contributed by atoms with Gasteiger partial charge in [0.15, 0.2) is 5.65 Å². The second kappa shape index (κ2) is 6.26. The van der Waals surface area contributed by atoms with Crippen molar-refractivity contribution in [2.45, 2.75) is 44.4 Å². The second-order valence-electron chi connectivity index (χ2n) is 6.87. The quantitative estimate of drug-likeness (QED) is 0.852. The fraction of sp³-hybridized carbons (Fsp3) is 0.526. The van der Waals surface area contributed by atoms with E-state index in [9.17, 15) is 4.79 Å². The highest BCUT2D eigenvalue weighted by Crippen LogP contribution is 2.31. The van der Waals surface area contributed by atoms with Crippen LogP contribution in [0.3, 0.4) is 0 Å². The number of nitrogens with zero attached hydrogens (tertiary/aromatic N) is 3. The first-order valence-electron chi connectivity index (χ1n) is 8.82. The SMILES string of the molecule is O=C(C1CCCC1)N1CCC(c2ccc3cccnc3n2)CC1. The van der Waals surface area contributed by atoms with Crippen molar-refractivity contribution in [2.75, 3.05) is 13.1 Å². The van der Waals surface area contributed by atoms with Gasteiger partial charge < -0.3 is 4.90 Å². The smallest absolute Gasteiger partial charge is 0.225 e. The van der Waals surface area contributed by atoms with Crippen LogP contribution in [-0.2, 0) is 4.79 Å². The number of hydrogen-bond donors (Lipinski definition) is 0. The van der Waals surface area contributed by atoms with Gasteiger partial charge in [-0.3, -0.25) is 4.79 Å². The zero-order valence-electron chi connectivity index (χ0n) is 13.4. The molecular weight excluding hydrogens is 286 g/mol. The Bertz CT molecular complexity index is 701. The van der Waals surface area contributed by atoms with Crippen LogP contribution in [0.1, 0.15) is 50.1 Å². The number of rotatable bonds is 2. The van der Waals surface area contributed by atoms with Crippen LogP contribution < -0.4 is 0 Å². The van der Waals surface area contributed by atoms with Gasteiger partial charge in [-0.2, -0.15) is 0 Å². The lowest BCUT2D eigenvalue weighted by Crippen LogP contribution is -2.40.